The number of aryl methyl sites for hydroxylation is 1. The van der Waals surface area contributed by atoms with Crippen molar-refractivity contribution >= 4 is 34.0 Å². The van der Waals surface area contributed by atoms with E-state index >= 15 is 0 Å². The summed E-state index contributed by atoms with van der Waals surface area (Å²) in [6.45, 7) is 3.03. The molecule has 0 atom stereocenters. The van der Waals surface area contributed by atoms with Gasteiger partial charge in [-0.05, 0) is 50.1 Å². The summed E-state index contributed by atoms with van der Waals surface area (Å²) in [5.41, 5.74) is 9.54. The first-order chi connectivity index (χ1) is 8.58. The van der Waals surface area contributed by atoms with E-state index in [0.717, 1.165) is 28.3 Å². The molecule has 1 saturated carbocycles. The molecule has 2 nitrogen and oxygen atoms in total. The van der Waals surface area contributed by atoms with Crippen LogP contribution >= 0.6 is 28.3 Å². The van der Waals surface area contributed by atoms with Crippen molar-refractivity contribution in [2.45, 2.75) is 51.6 Å². The van der Waals surface area contributed by atoms with Crippen molar-refractivity contribution in [2.75, 3.05) is 12.8 Å². The van der Waals surface area contributed by atoms with Gasteiger partial charge in [-0.2, -0.15) is 0 Å². The third-order valence-corrected chi connectivity index (χ3v) is 4.51. The van der Waals surface area contributed by atoms with Crippen LogP contribution in [-0.4, -0.2) is 18.0 Å². The molecule has 0 aromatic heterocycles. The minimum atomic E-state index is 0. The lowest BCUT2D eigenvalue weighted by molar-refractivity contribution is 0.185. The van der Waals surface area contributed by atoms with Gasteiger partial charge in [-0.15, -0.1) is 12.4 Å². The van der Waals surface area contributed by atoms with Crippen LogP contribution in [0.4, 0.5) is 5.69 Å². The summed E-state index contributed by atoms with van der Waals surface area (Å²) in [6.07, 6.45) is 6.83. The zero-order valence-electron chi connectivity index (χ0n) is 11.8. The van der Waals surface area contributed by atoms with Crippen LogP contribution in [0.1, 0.15) is 43.2 Å². The molecule has 1 aliphatic rings. The van der Waals surface area contributed by atoms with E-state index in [0.29, 0.717) is 0 Å². The molecule has 0 aliphatic heterocycles. The fourth-order valence-electron chi connectivity index (χ4n) is 2.87. The number of nitrogens with zero attached hydrogens (tertiary/aromatic N) is 1. The molecule has 1 fully saturated rings. The van der Waals surface area contributed by atoms with Gasteiger partial charge in [-0.25, -0.2) is 0 Å². The van der Waals surface area contributed by atoms with Crippen LogP contribution in [0.15, 0.2) is 16.6 Å². The molecule has 2 N–H and O–H groups in total. The maximum atomic E-state index is 6.18. The number of hydrogen-bond donors (Lipinski definition) is 1. The van der Waals surface area contributed by atoms with Gasteiger partial charge < -0.3 is 5.73 Å². The van der Waals surface area contributed by atoms with E-state index in [1.165, 1.54) is 37.7 Å². The van der Waals surface area contributed by atoms with E-state index in [1.54, 1.807) is 0 Å². The highest BCUT2D eigenvalue weighted by molar-refractivity contribution is 9.10. The number of anilines is 1. The number of nitrogen functional groups attached to an aromatic ring is 1. The van der Waals surface area contributed by atoms with Crippen molar-refractivity contribution in [1.29, 1.82) is 0 Å². The Morgan fingerprint density at radius 2 is 1.89 bits per heavy atom. The molecular weight excluding hydrogens is 324 g/mol. The molecule has 19 heavy (non-hydrogen) atoms. The Labute approximate surface area is 131 Å². The van der Waals surface area contributed by atoms with Gasteiger partial charge in [0.2, 0.25) is 0 Å². The second kappa shape index (κ2) is 7.51. The Bertz CT molecular complexity index is 417. The maximum Gasteiger partial charge on any atom is 0.0390 e. The summed E-state index contributed by atoms with van der Waals surface area (Å²) in [5.74, 6) is 0. The summed E-state index contributed by atoms with van der Waals surface area (Å²) in [7, 11) is 2.23. The van der Waals surface area contributed by atoms with Crippen LogP contribution < -0.4 is 5.73 Å². The van der Waals surface area contributed by atoms with E-state index in [-0.39, 0.29) is 12.4 Å². The standard InChI is InChI=1S/C15H23BrN2.ClH/c1-11-8-13(16)9-12(15(11)17)10-18(2)14-6-4-3-5-7-14;/h8-9,14H,3-7,10,17H2,1-2H3;1H. The molecule has 1 aromatic rings. The molecule has 1 aliphatic carbocycles. The van der Waals surface area contributed by atoms with E-state index in [4.69, 9.17) is 5.73 Å². The second-order valence-corrected chi connectivity index (χ2v) is 6.42. The first-order valence-electron chi connectivity index (χ1n) is 6.82. The minimum absolute atomic E-state index is 0. The van der Waals surface area contributed by atoms with Gasteiger partial charge in [0.05, 0.1) is 0 Å². The molecule has 1 aromatic carbocycles. The predicted octanol–water partition coefficient (Wildman–Crippen LogP) is 4.53. The molecule has 2 rings (SSSR count). The van der Waals surface area contributed by atoms with Crippen molar-refractivity contribution in [3.05, 3.63) is 27.7 Å². The van der Waals surface area contributed by atoms with Crippen LogP contribution in [0.2, 0.25) is 0 Å². The van der Waals surface area contributed by atoms with Crippen molar-refractivity contribution in [3.63, 3.8) is 0 Å². The van der Waals surface area contributed by atoms with Gasteiger partial charge >= 0.3 is 0 Å². The lowest BCUT2D eigenvalue weighted by atomic mass is 9.94. The van der Waals surface area contributed by atoms with Crippen LogP contribution in [0.25, 0.3) is 0 Å². The molecule has 0 bridgehead atoms. The fourth-order valence-corrected chi connectivity index (χ4v) is 3.49. The number of rotatable bonds is 3. The summed E-state index contributed by atoms with van der Waals surface area (Å²) in [4.78, 5) is 2.47. The molecule has 0 saturated heterocycles. The molecule has 0 radical (unpaired) electrons. The monoisotopic (exact) mass is 346 g/mol. The Morgan fingerprint density at radius 3 is 2.53 bits per heavy atom. The normalized spacial score (nSPS) is 16.4. The highest BCUT2D eigenvalue weighted by Crippen LogP contribution is 2.27. The SMILES string of the molecule is Cc1cc(Br)cc(CN(C)C2CCCCC2)c1N.Cl. The molecule has 0 heterocycles. The lowest BCUT2D eigenvalue weighted by Crippen LogP contribution is -2.33. The van der Waals surface area contributed by atoms with Crippen molar-refractivity contribution < 1.29 is 0 Å². The first-order valence-corrected chi connectivity index (χ1v) is 7.62. The van der Waals surface area contributed by atoms with Gasteiger partial charge in [-0.3, -0.25) is 4.90 Å². The number of halogens is 2. The molecule has 0 unspecified atom stereocenters. The fraction of sp³-hybridized carbons (Fsp3) is 0.600. The highest BCUT2D eigenvalue weighted by Gasteiger charge is 2.18. The summed E-state index contributed by atoms with van der Waals surface area (Å²) < 4.78 is 1.13. The number of nitrogens with two attached hydrogens (primary N) is 1. The summed E-state index contributed by atoms with van der Waals surface area (Å²) >= 11 is 3.56. The van der Waals surface area contributed by atoms with Gasteiger partial charge in [0.1, 0.15) is 0 Å². The van der Waals surface area contributed by atoms with E-state index in [9.17, 15) is 0 Å². The van der Waals surface area contributed by atoms with Crippen molar-refractivity contribution in [2.24, 2.45) is 0 Å². The Hall–Kier alpha value is -0.250. The van der Waals surface area contributed by atoms with Crippen LogP contribution in [0, 0.1) is 6.92 Å². The molecule has 0 spiro atoms. The van der Waals surface area contributed by atoms with Crippen LogP contribution in [-0.2, 0) is 6.54 Å². The predicted molar refractivity (Wildman–Crippen MR) is 88.9 cm³/mol. The second-order valence-electron chi connectivity index (χ2n) is 5.50. The highest BCUT2D eigenvalue weighted by atomic mass is 79.9. The first kappa shape index (κ1) is 16.8. The third-order valence-electron chi connectivity index (χ3n) is 4.06. The number of hydrogen-bond acceptors (Lipinski definition) is 2. The summed E-state index contributed by atoms with van der Waals surface area (Å²) in [5, 5.41) is 0. The quantitative estimate of drug-likeness (QED) is 0.814. The van der Waals surface area contributed by atoms with Gasteiger partial charge in [-0.1, -0.05) is 35.2 Å². The van der Waals surface area contributed by atoms with Gasteiger partial charge in [0.15, 0.2) is 0 Å². The largest absolute Gasteiger partial charge is 0.398 e. The average molecular weight is 348 g/mol. The zero-order valence-corrected chi connectivity index (χ0v) is 14.2. The van der Waals surface area contributed by atoms with E-state index in [2.05, 4.69) is 46.9 Å². The molecule has 4 heteroatoms. The third kappa shape index (κ3) is 4.37. The van der Waals surface area contributed by atoms with Crippen molar-refractivity contribution in [1.82, 2.24) is 4.90 Å². The van der Waals surface area contributed by atoms with Crippen LogP contribution in [0.3, 0.4) is 0 Å². The Kier molecular flexibility index (Phi) is 6.64. The molecule has 0 amide bonds. The maximum absolute atomic E-state index is 6.18. The Morgan fingerprint density at radius 1 is 1.26 bits per heavy atom. The summed E-state index contributed by atoms with van der Waals surface area (Å²) in [6, 6.07) is 4.97. The smallest absolute Gasteiger partial charge is 0.0390 e. The average Bonchev–Trinajstić information content (AvgIpc) is 2.36. The van der Waals surface area contributed by atoms with Crippen molar-refractivity contribution in [3.8, 4) is 0 Å². The molecule has 108 valence electrons. The Balaban J connectivity index is 0.00000180. The lowest BCUT2D eigenvalue weighted by Gasteiger charge is -2.31. The zero-order chi connectivity index (χ0) is 13.1. The van der Waals surface area contributed by atoms with E-state index in [1.807, 2.05) is 0 Å². The number of benzene rings is 1. The van der Waals surface area contributed by atoms with Gasteiger partial charge in [0.25, 0.3) is 0 Å². The van der Waals surface area contributed by atoms with Crippen LogP contribution in [0.5, 0.6) is 0 Å². The minimum Gasteiger partial charge on any atom is -0.398 e. The van der Waals surface area contributed by atoms with E-state index < -0.39 is 0 Å². The topological polar surface area (TPSA) is 29.3 Å². The molecular formula is C15H24BrClN2. The van der Waals surface area contributed by atoms with Gasteiger partial charge in [0, 0.05) is 22.7 Å².